The molecule has 0 fully saturated rings. The summed E-state index contributed by atoms with van der Waals surface area (Å²) < 4.78 is 12.8. The van der Waals surface area contributed by atoms with Gasteiger partial charge in [-0.2, -0.15) is 0 Å². The number of aromatic nitrogens is 2. The van der Waals surface area contributed by atoms with E-state index in [1.165, 1.54) is 24.3 Å². The first-order valence-corrected chi connectivity index (χ1v) is 6.15. The van der Waals surface area contributed by atoms with Crippen molar-refractivity contribution in [2.45, 2.75) is 6.92 Å². The molecule has 20 heavy (non-hydrogen) atoms. The highest BCUT2D eigenvalue weighted by Crippen LogP contribution is 2.17. The number of benzene rings is 2. The lowest BCUT2D eigenvalue weighted by Crippen LogP contribution is -2.11. The molecule has 2 N–H and O–H groups in total. The second-order valence-corrected chi connectivity index (χ2v) is 4.52. The molecule has 0 aliphatic rings. The van der Waals surface area contributed by atoms with Crippen molar-refractivity contribution in [1.29, 1.82) is 0 Å². The van der Waals surface area contributed by atoms with Crippen LogP contribution in [-0.4, -0.2) is 15.9 Å². The summed E-state index contributed by atoms with van der Waals surface area (Å²) in [6.07, 6.45) is 0. The Labute approximate surface area is 114 Å². The normalized spacial score (nSPS) is 10.7. The number of imidazole rings is 1. The quantitative estimate of drug-likeness (QED) is 0.750. The van der Waals surface area contributed by atoms with Gasteiger partial charge in [-0.15, -0.1) is 0 Å². The molecular formula is C15H12FN3O. The van der Waals surface area contributed by atoms with E-state index in [2.05, 4.69) is 15.3 Å². The molecule has 1 amide bonds. The van der Waals surface area contributed by atoms with E-state index in [1.807, 2.05) is 19.1 Å². The predicted octanol–water partition coefficient (Wildman–Crippen LogP) is 3.26. The fourth-order valence-electron chi connectivity index (χ4n) is 2.02. The SMILES string of the molecule is Cc1nc2ccc(NC(=O)c3ccc(F)cc3)cc2[nH]1. The molecule has 3 aromatic rings. The van der Waals surface area contributed by atoms with Crippen LogP contribution in [0.25, 0.3) is 11.0 Å². The molecule has 4 nitrogen and oxygen atoms in total. The van der Waals surface area contributed by atoms with Gasteiger partial charge in [0, 0.05) is 11.3 Å². The average molecular weight is 269 g/mol. The van der Waals surface area contributed by atoms with Crippen molar-refractivity contribution >= 4 is 22.6 Å². The van der Waals surface area contributed by atoms with Gasteiger partial charge < -0.3 is 10.3 Å². The molecule has 0 saturated heterocycles. The lowest BCUT2D eigenvalue weighted by Gasteiger charge is -2.05. The van der Waals surface area contributed by atoms with Crippen LogP contribution in [0.2, 0.25) is 0 Å². The minimum atomic E-state index is -0.365. The zero-order chi connectivity index (χ0) is 14.1. The number of hydrogen-bond acceptors (Lipinski definition) is 2. The zero-order valence-corrected chi connectivity index (χ0v) is 10.8. The summed E-state index contributed by atoms with van der Waals surface area (Å²) in [6, 6.07) is 10.8. The van der Waals surface area contributed by atoms with Crippen LogP contribution in [0.15, 0.2) is 42.5 Å². The summed E-state index contributed by atoms with van der Waals surface area (Å²) in [5.74, 6) is 0.179. The number of halogens is 1. The van der Waals surface area contributed by atoms with Gasteiger partial charge in [-0.05, 0) is 49.4 Å². The number of amides is 1. The highest BCUT2D eigenvalue weighted by Gasteiger charge is 2.07. The summed E-state index contributed by atoms with van der Waals surface area (Å²) in [5, 5.41) is 2.77. The van der Waals surface area contributed by atoms with Crippen molar-refractivity contribution in [3.63, 3.8) is 0 Å². The molecule has 0 atom stereocenters. The number of anilines is 1. The smallest absolute Gasteiger partial charge is 0.255 e. The van der Waals surface area contributed by atoms with Gasteiger partial charge in [0.1, 0.15) is 11.6 Å². The van der Waals surface area contributed by atoms with Crippen molar-refractivity contribution < 1.29 is 9.18 Å². The Bertz CT molecular complexity index is 777. The van der Waals surface area contributed by atoms with Crippen LogP contribution in [-0.2, 0) is 0 Å². The number of aryl methyl sites for hydroxylation is 1. The molecule has 0 spiro atoms. The molecule has 0 radical (unpaired) electrons. The molecular weight excluding hydrogens is 257 g/mol. The van der Waals surface area contributed by atoms with E-state index < -0.39 is 0 Å². The van der Waals surface area contributed by atoms with Crippen LogP contribution in [0.4, 0.5) is 10.1 Å². The van der Waals surface area contributed by atoms with Crippen LogP contribution in [0.1, 0.15) is 16.2 Å². The largest absolute Gasteiger partial charge is 0.342 e. The number of hydrogen-bond donors (Lipinski definition) is 2. The number of nitrogens with one attached hydrogen (secondary N) is 2. The van der Waals surface area contributed by atoms with Crippen molar-refractivity contribution in [3.05, 3.63) is 59.7 Å². The minimum absolute atomic E-state index is 0.277. The Morgan fingerprint density at radius 1 is 1.20 bits per heavy atom. The lowest BCUT2D eigenvalue weighted by molar-refractivity contribution is 0.102. The van der Waals surface area contributed by atoms with Gasteiger partial charge in [0.2, 0.25) is 0 Å². The van der Waals surface area contributed by atoms with E-state index in [0.717, 1.165) is 16.9 Å². The third kappa shape index (κ3) is 2.38. The molecule has 100 valence electrons. The molecule has 0 unspecified atom stereocenters. The topological polar surface area (TPSA) is 57.8 Å². The van der Waals surface area contributed by atoms with E-state index in [4.69, 9.17) is 0 Å². The Balaban J connectivity index is 1.84. The van der Waals surface area contributed by atoms with Crippen molar-refractivity contribution in [1.82, 2.24) is 9.97 Å². The molecule has 3 rings (SSSR count). The molecule has 0 aliphatic heterocycles. The molecule has 0 aliphatic carbocycles. The minimum Gasteiger partial charge on any atom is -0.342 e. The zero-order valence-electron chi connectivity index (χ0n) is 10.8. The maximum atomic E-state index is 12.8. The second-order valence-electron chi connectivity index (χ2n) is 4.52. The Kier molecular flexibility index (Phi) is 2.95. The van der Waals surface area contributed by atoms with E-state index >= 15 is 0 Å². The van der Waals surface area contributed by atoms with Gasteiger partial charge in [-0.1, -0.05) is 0 Å². The third-order valence-electron chi connectivity index (χ3n) is 2.96. The molecule has 2 aromatic carbocycles. The number of rotatable bonds is 2. The average Bonchev–Trinajstić information content (AvgIpc) is 2.78. The number of fused-ring (bicyclic) bond motifs is 1. The molecule has 1 aromatic heterocycles. The fourth-order valence-corrected chi connectivity index (χ4v) is 2.02. The van der Waals surface area contributed by atoms with E-state index in [-0.39, 0.29) is 11.7 Å². The number of carbonyl (C=O) groups excluding carboxylic acids is 1. The number of nitrogens with zero attached hydrogens (tertiary/aromatic N) is 1. The Morgan fingerprint density at radius 3 is 2.70 bits per heavy atom. The van der Waals surface area contributed by atoms with Crippen molar-refractivity contribution in [3.8, 4) is 0 Å². The highest BCUT2D eigenvalue weighted by atomic mass is 19.1. The summed E-state index contributed by atoms with van der Waals surface area (Å²) >= 11 is 0. The van der Waals surface area contributed by atoms with E-state index in [1.54, 1.807) is 6.07 Å². The highest BCUT2D eigenvalue weighted by molar-refractivity contribution is 6.04. The standard InChI is InChI=1S/C15H12FN3O/c1-9-17-13-7-6-12(8-14(13)18-9)19-15(20)10-2-4-11(16)5-3-10/h2-8H,1H3,(H,17,18)(H,19,20). The maximum Gasteiger partial charge on any atom is 0.255 e. The predicted molar refractivity (Wildman–Crippen MR) is 75.2 cm³/mol. The van der Waals surface area contributed by atoms with Crippen molar-refractivity contribution in [2.75, 3.05) is 5.32 Å². The van der Waals surface area contributed by atoms with E-state index in [9.17, 15) is 9.18 Å². The second kappa shape index (κ2) is 4.77. The van der Waals surface area contributed by atoms with Crippen LogP contribution in [0.5, 0.6) is 0 Å². The van der Waals surface area contributed by atoms with E-state index in [0.29, 0.717) is 11.3 Å². The summed E-state index contributed by atoms with van der Waals surface area (Å²) in [5.41, 5.74) is 2.78. The fraction of sp³-hybridized carbons (Fsp3) is 0.0667. The van der Waals surface area contributed by atoms with Gasteiger partial charge in [-0.25, -0.2) is 9.37 Å². The molecule has 1 heterocycles. The van der Waals surface area contributed by atoms with Gasteiger partial charge in [0.25, 0.3) is 5.91 Å². The van der Waals surface area contributed by atoms with Crippen molar-refractivity contribution in [2.24, 2.45) is 0 Å². The molecule has 0 saturated carbocycles. The molecule has 0 bridgehead atoms. The summed E-state index contributed by atoms with van der Waals surface area (Å²) in [4.78, 5) is 19.4. The maximum absolute atomic E-state index is 12.8. The van der Waals surface area contributed by atoms with Crippen LogP contribution in [0, 0.1) is 12.7 Å². The number of carbonyl (C=O) groups is 1. The first-order valence-electron chi connectivity index (χ1n) is 6.15. The lowest BCUT2D eigenvalue weighted by atomic mass is 10.2. The van der Waals surface area contributed by atoms with Gasteiger partial charge in [-0.3, -0.25) is 4.79 Å². The molecule has 5 heteroatoms. The van der Waals surface area contributed by atoms with Gasteiger partial charge in [0.15, 0.2) is 0 Å². The number of aromatic amines is 1. The van der Waals surface area contributed by atoms with Crippen LogP contribution >= 0.6 is 0 Å². The van der Waals surface area contributed by atoms with Crippen LogP contribution < -0.4 is 5.32 Å². The van der Waals surface area contributed by atoms with Gasteiger partial charge in [0.05, 0.1) is 11.0 Å². The summed E-state index contributed by atoms with van der Waals surface area (Å²) in [6.45, 7) is 1.87. The first kappa shape index (κ1) is 12.3. The summed E-state index contributed by atoms with van der Waals surface area (Å²) in [7, 11) is 0. The Morgan fingerprint density at radius 2 is 1.95 bits per heavy atom. The monoisotopic (exact) mass is 269 g/mol. The first-order chi connectivity index (χ1) is 9.61. The Hall–Kier alpha value is -2.69. The third-order valence-corrected chi connectivity index (χ3v) is 2.96. The number of H-pyrrole nitrogens is 1. The van der Waals surface area contributed by atoms with Gasteiger partial charge >= 0.3 is 0 Å². The van der Waals surface area contributed by atoms with Crippen LogP contribution in [0.3, 0.4) is 0 Å².